The summed E-state index contributed by atoms with van der Waals surface area (Å²) in [6, 6.07) is 0.372. The molecule has 10 heavy (non-hydrogen) atoms. The fourth-order valence-electron chi connectivity index (χ4n) is 0.933. The van der Waals surface area contributed by atoms with E-state index in [1.807, 2.05) is 11.8 Å². The second-order valence-corrected chi connectivity index (χ2v) is 3.61. The minimum Gasteiger partial charge on any atom is -0.329 e. The molecule has 1 aliphatic rings. The van der Waals surface area contributed by atoms with Crippen LogP contribution in [0.2, 0.25) is 0 Å². The molecule has 0 bridgehead atoms. The molecule has 1 heterocycles. The van der Waals surface area contributed by atoms with E-state index in [-0.39, 0.29) is 11.8 Å². The van der Waals surface area contributed by atoms with Crippen molar-refractivity contribution in [3.8, 4) is 0 Å². The molecule has 0 N–H and O–H groups in total. The van der Waals surface area contributed by atoms with Gasteiger partial charge in [-0.1, -0.05) is 0 Å². The summed E-state index contributed by atoms with van der Waals surface area (Å²) >= 11 is 7.18. The Morgan fingerprint density at radius 3 is 3.00 bits per heavy atom. The van der Waals surface area contributed by atoms with Gasteiger partial charge in [0, 0.05) is 11.8 Å². The van der Waals surface area contributed by atoms with Crippen LogP contribution >= 0.6 is 23.4 Å². The molecule has 0 saturated carbocycles. The highest BCUT2D eigenvalue weighted by atomic mass is 35.5. The van der Waals surface area contributed by atoms with Crippen LogP contribution in [0.5, 0.6) is 0 Å². The highest BCUT2D eigenvalue weighted by molar-refractivity contribution is 7.99. The first-order valence-electron chi connectivity index (χ1n) is 3.19. The van der Waals surface area contributed by atoms with Crippen LogP contribution in [-0.2, 0) is 4.79 Å². The Labute approximate surface area is 69.9 Å². The molecule has 1 atom stereocenters. The molecule has 4 heteroatoms. The van der Waals surface area contributed by atoms with Gasteiger partial charge in [0.05, 0.1) is 5.88 Å². The maximum absolute atomic E-state index is 11.0. The number of thioether (sulfide) groups is 1. The second kappa shape index (κ2) is 3.49. The second-order valence-electron chi connectivity index (χ2n) is 2.35. The molecule has 1 saturated heterocycles. The van der Waals surface area contributed by atoms with Crippen molar-refractivity contribution in [2.24, 2.45) is 0 Å². The average Bonchev–Trinajstić information content (AvgIpc) is 2.34. The van der Waals surface area contributed by atoms with E-state index < -0.39 is 0 Å². The lowest BCUT2D eigenvalue weighted by Crippen LogP contribution is -2.35. The van der Waals surface area contributed by atoms with Crippen LogP contribution in [0.1, 0.15) is 6.92 Å². The number of hydrogen-bond donors (Lipinski definition) is 0. The maximum atomic E-state index is 11.0. The molecular weight excluding hydrogens is 170 g/mol. The predicted octanol–water partition coefficient (Wildman–Crippen LogP) is 1.15. The number of carbonyl (C=O) groups is 1. The van der Waals surface area contributed by atoms with Crippen LogP contribution in [0.15, 0.2) is 0 Å². The number of rotatable bonds is 1. The Morgan fingerprint density at radius 1 is 1.90 bits per heavy atom. The molecule has 0 aromatic heterocycles. The monoisotopic (exact) mass is 179 g/mol. The molecule has 1 aliphatic heterocycles. The van der Waals surface area contributed by atoms with Crippen LogP contribution in [0.4, 0.5) is 0 Å². The number of nitrogens with zero attached hydrogens (tertiary/aromatic N) is 1. The fraction of sp³-hybridized carbons (Fsp3) is 0.833. The van der Waals surface area contributed by atoms with Crippen molar-refractivity contribution >= 4 is 29.3 Å². The Hall–Kier alpha value is 0.110. The first kappa shape index (κ1) is 8.21. The summed E-state index contributed by atoms with van der Waals surface area (Å²) in [5.41, 5.74) is 0. The number of hydrogen-bond acceptors (Lipinski definition) is 2. The number of amides is 1. The normalized spacial score (nSPS) is 25.4. The van der Waals surface area contributed by atoms with Gasteiger partial charge in [0.15, 0.2) is 0 Å². The van der Waals surface area contributed by atoms with E-state index in [1.54, 1.807) is 11.8 Å². The molecule has 0 aliphatic carbocycles. The first-order valence-corrected chi connectivity index (χ1v) is 4.88. The fourth-order valence-corrected chi connectivity index (χ4v) is 2.31. The molecule has 2 nitrogen and oxygen atoms in total. The molecule has 0 radical (unpaired) electrons. The molecule has 1 fully saturated rings. The Kier molecular flexibility index (Phi) is 2.86. The van der Waals surface area contributed by atoms with Crippen LogP contribution in [-0.4, -0.2) is 34.4 Å². The van der Waals surface area contributed by atoms with Gasteiger partial charge in [0.25, 0.3) is 0 Å². The summed E-state index contributed by atoms with van der Waals surface area (Å²) in [7, 11) is 0. The zero-order chi connectivity index (χ0) is 7.56. The minimum atomic E-state index is 0.0548. The SMILES string of the molecule is C[C@@H]1CSCN1C(=O)CCl. The summed E-state index contributed by atoms with van der Waals surface area (Å²) in [5, 5.41) is 0. The lowest BCUT2D eigenvalue weighted by molar-refractivity contribution is -0.128. The van der Waals surface area contributed by atoms with Crippen molar-refractivity contribution < 1.29 is 4.79 Å². The van der Waals surface area contributed by atoms with Crippen molar-refractivity contribution in [3.05, 3.63) is 0 Å². The molecule has 0 unspecified atom stereocenters. The van der Waals surface area contributed by atoms with E-state index in [2.05, 4.69) is 0 Å². The van der Waals surface area contributed by atoms with E-state index in [0.717, 1.165) is 11.6 Å². The first-order chi connectivity index (χ1) is 4.75. The van der Waals surface area contributed by atoms with Gasteiger partial charge < -0.3 is 4.90 Å². The summed E-state index contributed by atoms with van der Waals surface area (Å²) in [4.78, 5) is 12.8. The van der Waals surface area contributed by atoms with E-state index in [0.29, 0.717) is 6.04 Å². The van der Waals surface area contributed by atoms with Crippen molar-refractivity contribution in [3.63, 3.8) is 0 Å². The number of halogens is 1. The molecular formula is C6H10ClNOS. The largest absolute Gasteiger partial charge is 0.329 e. The van der Waals surface area contributed by atoms with Crippen molar-refractivity contribution in [2.45, 2.75) is 13.0 Å². The molecule has 1 rings (SSSR count). The van der Waals surface area contributed by atoms with E-state index in [1.165, 1.54) is 0 Å². The molecule has 0 spiro atoms. The quantitative estimate of drug-likeness (QED) is 0.563. The van der Waals surface area contributed by atoms with Crippen molar-refractivity contribution in [1.29, 1.82) is 0 Å². The van der Waals surface area contributed by atoms with E-state index in [9.17, 15) is 4.79 Å². The van der Waals surface area contributed by atoms with Gasteiger partial charge >= 0.3 is 0 Å². The average molecular weight is 180 g/mol. The van der Waals surface area contributed by atoms with E-state index >= 15 is 0 Å². The van der Waals surface area contributed by atoms with Crippen LogP contribution in [0.3, 0.4) is 0 Å². The third kappa shape index (κ3) is 1.58. The van der Waals surface area contributed by atoms with Crippen LogP contribution < -0.4 is 0 Å². The van der Waals surface area contributed by atoms with Crippen LogP contribution in [0.25, 0.3) is 0 Å². The van der Waals surface area contributed by atoms with Gasteiger partial charge in [-0.2, -0.15) is 0 Å². The third-order valence-electron chi connectivity index (χ3n) is 1.56. The Balaban J connectivity index is 2.46. The topological polar surface area (TPSA) is 20.3 Å². The third-order valence-corrected chi connectivity index (χ3v) is 2.96. The summed E-state index contributed by atoms with van der Waals surface area (Å²) in [6.45, 7) is 2.05. The highest BCUT2D eigenvalue weighted by Gasteiger charge is 2.24. The smallest absolute Gasteiger partial charge is 0.238 e. The number of carbonyl (C=O) groups excluding carboxylic acids is 1. The molecule has 1 amide bonds. The van der Waals surface area contributed by atoms with Crippen molar-refractivity contribution in [2.75, 3.05) is 17.5 Å². The molecule has 0 aromatic carbocycles. The zero-order valence-electron chi connectivity index (χ0n) is 5.84. The van der Waals surface area contributed by atoms with Crippen LogP contribution in [0, 0.1) is 0 Å². The summed E-state index contributed by atoms with van der Waals surface area (Å²) in [5.74, 6) is 2.03. The van der Waals surface area contributed by atoms with Gasteiger partial charge in [0.2, 0.25) is 5.91 Å². The lowest BCUT2D eigenvalue weighted by atomic mass is 10.3. The predicted molar refractivity (Wildman–Crippen MR) is 44.4 cm³/mol. The summed E-state index contributed by atoms with van der Waals surface area (Å²) < 4.78 is 0. The lowest BCUT2D eigenvalue weighted by Gasteiger charge is -2.18. The maximum Gasteiger partial charge on any atom is 0.238 e. The zero-order valence-corrected chi connectivity index (χ0v) is 7.41. The molecule has 58 valence electrons. The Morgan fingerprint density at radius 2 is 2.60 bits per heavy atom. The minimum absolute atomic E-state index is 0.0548. The standard InChI is InChI=1S/C6H10ClNOS/c1-5-3-10-4-8(5)6(9)2-7/h5H,2-4H2,1H3/t5-/m1/s1. The number of alkyl halides is 1. The van der Waals surface area contributed by atoms with Crippen molar-refractivity contribution in [1.82, 2.24) is 4.90 Å². The molecule has 0 aromatic rings. The van der Waals surface area contributed by atoms with Gasteiger partial charge in [-0.05, 0) is 6.92 Å². The highest BCUT2D eigenvalue weighted by Crippen LogP contribution is 2.20. The van der Waals surface area contributed by atoms with Gasteiger partial charge in [-0.25, -0.2) is 0 Å². The van der Waals surface area contributed by atoms with E-state index in [4.69, 9.17) is 11.6 Å². The Bertz CT molecular complexity index is 142. The van der Waals surface area contributed by atoms with Gasteiger partial charge in [-0.3, -0.25) is 4.79 Å². The summed E-state index contributed by atoms with van der Waals surface area (Å²) in [6.07, 6.45) is 0. The van der Waals surface area contributed by atoms with Gasteiger partial charge in [0.1, 0.15) is 5.88 Å². The van der Waals surface area contributed by atoms with Gasteiger partial charge in [-0.15, -0.1) is 23.4 Å².